The first-order chi connectivity index (χ1) is 14.1. The number of likely N-dealkylation sites (tertiary alicyclic amines) is 2. The van der Waals surface area contributed by atoms with Crippen LogP contribution in [0.5, 0.6) is 0 Å². The van der Waals surface area contributed by atoms with E-state index in [1.54, 1.807) is 11.3 Å². The number of carbonyl (C=O) groups excluding carboxylic acids is 1. The van der Waals surface area contributed by atoms with Gasteiger partial charge in [0.1, 0.15) is 0 Å². The van der Waals surface area contributed by atoms with Gasteiger partial charge >= 0.3 is 0 Å². The first-order valence-corrected chi connectivity index (χ1v) is 11.9. The minimum atomic E-state index is 0.243. The Hall–Kier alpha value is -1.67. The van der Waals surface area contributed by atoms with Gasteiger partial charge in [-0.05, 0) is 44.7 Å². The molecule has 2 saturated heterocycles. The van der Waals surface area contributed by atoms with Gasteiger partial charge in [-0.25, -0.2) is 4.98 Å². The zero-order valence-electron chi connectivity index (χ0n) is 18.1. The van der Waals surface area contributed by atoms with Crippen molar-refractivity contribution in [1.29, 1.82) is 0 Å². The average molecular weight is 421 g/mol. The van der Waals surface area contributed by atoms with Gasteiger partial charge in [-0.15, -0.1) is 11.3 Å². The molecule has 0 aromatic carbocycles. The van der Waals surface area contributed by atoms with Gasteiger partial charge in [0, 0.05) is 51.1 Å². The molecular formula is C21H36N6OS. The Morgan fingerprint density at radius 3 is 2.72 bits per heavy atom. The Kier molecular flexibility index (Phi) is 8.29. The maximum absolute atomic E-state index is 11.9. The van der Waals surface area contributed by atoms with Crippen molar-refractivity contribution in [3.05, 3.63) is 16.1 Å². The lowest BCUT2D eigenvalue weighted by Gasteiger charge is -2.32. The number of hydrogen-bond acceptors (Lipinski definition) is 5. The lowest BCUT2D eigenvalue weighted by Crippen LogP contribution is -2.47. The van der Waals surface area contributed by atoms with Crippen molar-refractivity contribution in [2.45, 2.75) is 58.5 Å². The van der Waals surface area contributed by atoms with Crippen molar-refractivity contribution in [3.8, 4) is 0 Å². The highest BCUT2D eigenvalue weighted by atomic mass is 32.1. The van der Waals surface area contributed by atoms with Crippen molar-refractivity contribution in [2.24, 2.45) is 10.9 Å². The molecule has 0 bridgehead atoms. The summed E-state index contributed by atoms with van der Waals surface area (Å²) in [6.45, 7) is 9.91. The first-order valence-electron chi connectivity index (χ1n) is 11.0. The van der Waals surface area contributed by atoms with Gasteiger partial charge in [-0.1, -0.05) is 13.8 Å². The summed E-state index contributed by atoms with van der Waals surface area (Å²) in [7, 11) is 1.82. The maximum atomic E-state index is 11.9. The van der Waals surface area contributed by atoms with Crippen molar-refractivity contribution < 1.29 is 4.79 Å². The summed E-state index contributed by atoms with van der Waals surface area (Å²) < 4.78 is 0. The van der Waals surface area contributed by atoms with Gasteiger partial charge in [-0.3, -0.25) is 14.7 Å². The molecule has 2 aliphatic rings. The summed E-state index contributed by atoms with van der Waals surface area (Å²) in [4.78, 5) is 25.4. The number of nitrogens with zero attached hydrogens (tertiary/aromatic N) is 4. The summed E-state index contributed by atoms with van der Waals surface area (Å²) in [5, 5.41) is 10.4. The molecule has 0 aliphatic carbocycles. The van der Waals surface area contributed by atoms with Crippen LogP contribution in [-0.2, 0) is 17.8 Å². The van der Waals surface area contributed by atoms with Gasteiger partial charge in [0.25, 0.3) is 0 Å². The van der Waals surface area contributed by atoms with E-state index >= 15 is 0 Å². The first kappa shape index (κ1) is 22.0. The van der Waals surface area contributed by atoms with Crippen LogP contribution in [0.15, 0.2) is 10.4 Å². The fourth-order valence-corrected chi connectivity index (χ4v) is 4.85. The smallest absolute Gasteiger partial charge is 0.222 e. The third kappa shape index (κ3) is 6.40. The molecule has 3 heterocycles. The molecule has 2 fully saturated rings. The Balaban J connectivity index is 1.35. The number of guanidine groups is 1. The molecular weight excluding hydrogens is 384 g/mol. The van der Waals surface area contributed by atoms with Crippen molar-refractivity contribution >= 4 is 23.2 Å². The molecule has 1 aromatic rings. The van der Waals surface area contributed by atoms with Crippen LogP contribution in [0.3, 0.4) is 0 Å². The van der Waals surface area contributed by atoms with Crippen LogP contribution in [-0.4, -0.2) is 72.5 Å². The second-order valence-electron chi connectivity index (χ2n) is 8.08. The molecule has 1 amide bonds. The lowest BCUT2D eigenvalue weighted by atomic mass is 9.97. The Bertz CT molecular complexity index is 682. The van der Waals surface area contributed by atoms with Crippen LogP contribution in [0.25, 0.3) is 0 Å². The van der Waals surface area contributed by atoms with Crippen molar-refractivity contribution in [2.75, 3.05) is 39.8 Å². The van der Waals surface area contributed by atoms with E-state index in [9.17, 15) is 4.79 Å². The molecule has 3 rings (SSSR count). The molecule has 29 heavy (non-hydrogen) atoms. The van der Waals surface area contributed by atoms with E-state index in [1.807, 2.05) is 18.9 Å². The zero-order valence-corrected chi connectivity index (χ0v) is 18.9. The number of aromatic nitrogens is 1. The highest BCUT2D eigenvalue weighted by Crippen LogP contribution is 2.19. The summed E-state index contributed by atoms with van der Waals surface area (Å²) in [5.41, 5.74) is 1.22. The molecule has 7 nitrogen and oxygen atoms in total. The molecule has 162 valence electrons. The fraction of sp³-hybridized carbons (Fsp3) is 0.762. The summed E-state index contributed by atoms with van der Waals surface area (Å²) in [5.74, 6) is 1.78. The van der Waals surface area contributed by atoms with Crippen LogP contribution in [0.1, 0.15) is 50.2 Å². The third-order valence-corrected chi connectivity index (χ3v) is 7.00. The van der Waals surface area contributed by atoms with Gasteiger partial charge in [0.2, 0.25) is 5.91 Å². The highest BCUT2D eigenvalue weighted by Gasteiger charge is 2.26. The number of nitrogens with one attached hydrogen (secondary N) is 2. The van der Waals surface area contributed by atoms with Crippen molar-refractivity contribution in [1.82, 2.24) is 25.4 Å². The molecule has 2 N–H and O–H groups in total. The number of piperidine rings is 1. The molecule has 0 saturated carbocycles. The minimum Gasteiger partial charge on any atom is -0.356 e. The third-order valence-electron chi connectivity index (χ3n) is 5.96. The predicted molar refractivity (Wildman–Crippen MR) is 119 cm³/mol. The van der Waals surface area contributed by atoms with E-state index in [0.29, 0.717) is 18.4 Å². The predicted octanol–water partition coefficient (Wildman–Crippen LogP) is 2.09. The number of rotatable bonds is 7. The van der Waals surface area contributed by atoms with Crippen molar-refractivity contribution in [3.63, 3.8) is 0 Å². The Labute approximate surface area is 179 Å². The Morgan fingerprint density at radius 2 is 2.07 bits per heavy atom. The lowest BCUT2D eigenvalue weighted by molar-refractivity contribution is -0.129. The highest BCUT2D eigenvalue weighted by molar-refractivity contribution is 7.09. The number of aryl methyl sites for hydroxylation is 1. The fourth-order valence-electron chi connectivity index (χ4n) is 4.12. The minimum absolute atomic E-state index is 0.243. The van der Waals surface area contributed by atoms with Crippen LogP contribution in [0.4, 0.5) is 0 Å². The molecule has 8 heteroatoms. The monoisotopic (exact) mass is 420 g/mol. The summed E-state index contributed by atoms with van der Waals surface area (Å²) in [6.07, 6.45) is 5.01. The van der Waals surface area contributed by atoms with Gasteiger partial charge < -0.3 is 15.5 Å². The van der Waals surface area contributed by atoms with E-state index in [0.717, 1.165) is 58.1 Å². The SMILES string of the molecule is CCC(=O)N1CCC(NC(=NC)NCC2CCN(Cc3csc(CC)n3)CC2)C1. The number of hydrogen-bond donors (Lipinski definition) is 2. The maximum Gasteiger partial charge on any atom is 0.222 e. The molecule has 0 radical (unpaired) electrons. The van der Waals surface area contributed by atoms with Crippen LogP contribution >= 0.6 is 11.3 Å². The molecule has 1 aromatic heterocycles. The average Bonchev–Trinajstić information content (AvgIpc) is 3.41. The van der Waals surface area contributed by atoms with Crippen LogP contribution in [0, 0.1) is 5.92 Å². The molecule has 1 atom stereocenters. The van der Waals surface area contributed by atoms with Gasteiger partial charge in [-0.2, -0.15) is 0 Å². The topological polar surface area (TPSA) is 72.9 Å². The second-order valence-corrected chi connectivity index (χ2v) is 9.02. The molecule has 2 aliphatic heterocycles. The Morgan fingerprint density at radius 1 is 1.28 bits per heavy atom. The van der Waals surface area contributed by atoms with E-state index in [-0.39, 0.29) is 5.91 Å². The number of amides is 1. The second kappa shape index (κ2) is 10.9. The quantitative estimate of drug-likeness (QED) is 0.522. The molecule has 1 unspecified atom stereocenters. The van der Waals surface area contributed by atoms with E-state index in [4.69, 9.17) is 4.98 Å². The summed E-state index contributed by atoms with van der Waals surface area (Å²) in [6, 6.07) is 0.296. The standard InChI is InChI=1S/C21H36N6OS/c1-4-19-24-18(15-29-19)13-26-9-6-16(7-10-26)12-23-21(22-3)25-17-8-11-27(14-17)20(28)5-2/h15-17H,4-14H2,1-3H3,(H2,22,23,25). The summed E-state index contributed by atoms with van der Waals surface area (Å²) >= 11 is 1.78. The van der Waals surface area contributed by atoms with Crippen LogP contribution < -0.4 is 10.6 Å². The van der Waals surface area contributed by atoms with E-state index < -0.39 is 0 Å². The number of aliphatic imine (C=N–C) groups is 1. The number of thiazole rings is 1. The van der Waals surface area contributed by atoms with Gasteiger partial charge in [0.15, 0.2) is 5.96 Å². The van der Waals surface area contributed by atoms with Crippen LogP contribution in [0.2, 0.25) is 0 Å². The van der Waals surface area contributed by atoms with E-state index in [1.165, 1.54) is 23.5 Å². The van der Waals surface area contributed by atoms with E-state index in [2.05, 4.69) is 32.8 Å². The normalized spacial score (nSPS) is 21.6. The molecule has 0 spiro atoms. The largest absolute Gasteiger partial charge is 0.356 e. The van der Waals surface area contributed by atoms with Gasteiger partial charge in [0.05, 0.1) is 10.7 Å². The number of carbonyl (C=O) groups is 1. The zero-order chi connectivity index (χ0) is 20.6.